The van der Waals surface area contributed by atoms with Crippen LogP contribution in [0.2, 0.25) is 0 Å². The molecule has 0 aliphatic carbocycles. The molecule has 7 nitrogen and oxygen atoms in total. The third-order valence-electron chi connectivity index (χ3n) is 4.20. The van der Waals surface area contributed by atoms with Gasteiger partial charge >= 0.3 is 0 Å². The Kier molecular flexibility index (Phi) is 5.46. The molecule has 0 atom stereocenters. The van der Waals surface area contributed by atoms with Crippen LogP contribution < -0.4 is 14.9 Å². The van der Waals surface area contributed by atoms with Crippen molar-refractivity contribution in [2.24, 2.45) is 0 Å². The average molecular weight is 387 g/mol. The molecule has 2 aromatic rings. The van der Waals surface area contributed by atoms with Crippen LogP contribution >= 0.6 is 0 Å². The van der Waals surface area contributed by atoms with Crippen molar-refractivity contribution >= 4 is 33.2 Å². The molecular weight excluding hydrogens is 366 g/mol. The third kappa shape index (κ3) is 5.07. The highest BCUT2D eigenvalue weighted by Gasteiger charge is 2.21. The van der Waals surface area contributed by atoms with Gasteiger partial charge in [0.25, 0.3) is 5.91 Å². The second kappa shape index (κ2) is 7.79. The second-order valence-corrected chi connectivity index (χ2v) is 8.20. The maximum absolute atomic E-state index is 12.3. The number of anilines is 2. The van der Waals surface area contributed by atoms with Gasteiger partial charge in [-0.15, -0.1) is 0 Å². The van der Waals surface area contributed by atoms with E-state index < -0.39 is 10.0 Å². The smallest absolute Gasteiger partial charge is 0.251 e. The molecule has 1 fully saturated rings. The van der Waals surface area contributed by atoms with E-state index >= 15 is 0 Å². The number of carbonyl (C=O) groups excluding carboxylic acids is 2. The SMILES string of the molecule is CS(=O)(=O)Nc1cccc(CNC(=O)c2ccc(N3CCCC3=O)cc2)c1. The van der Waals surface area contributed by atoms with Crippen molar-refractivity contribution < 1.29 is 18.0 Å². The molecular formula is C19H21N3O4S. The normalized spacial score (nSPS) is 14.3. The molecule has 2 amide bonds. The summed E-state index contributed by atoms with van der Waals surface area (Å²) in [6.07, 6.45) is 2.50. The number of rotatable bonds is 6. The van der Waals surface area contributed by atoms with Crippen LogP contribution in [0.4, 0.5) is 11.4 Å². The first kappa shape index (κ1) is 18.9. The summed E-state index contributed by atoms with van der Waals surface area (Å²) in [5, 5.41) is 2.81. The Balaban J connectivity index is 1.61. The van der Waals surface area contributed by atoms with Crippen LogP contribution in [0.15, 0.2) is 48.5 Å². The van der Waals surface area contributed by atoms with Crippen molar-refractivity contribution in [1.82, 2.24) is 5.32 Å². The first-order chi connectivity index (χ1) is 12.8. The van der Waals surface area contributed by atoms with E-state index in [-0.39, 0.29) is 18.4 Å². The molecule has 0 saturated carbocycles. The van der Waals surface area contributed by atoms with Gasteiger partial charge in [-0.1, -0.05) is 12.1 Å². The minimum atomic E-state index is -3.35. The van der Waals surface area contributed by atoms with E-state index in [1.807, 2.05) is 0 Å². The number of nitrogens with zero attached hydrogens (tertiary/aromatic N) is 1. The summed E-state index contributed by atoms with van der Waals surface area (Å²) in [5.74, 6) is -0.134. The predicted octanol–water partition coefficient (Wildman–Crippen LogP) is 2.11. The highest BCUT2D eigenvalue weighted by atomic mass is 32.2. The Bertz CT molecular complexity index is 955. The van der Waals surface area contributed by atoms with Gasteiger partial charge in [0.15, 0.2) is 0 Å². The summed E-state index contributed by atoms with van der Waals surface area (Å²) in [5.41, 5.74) is 2.52. The predicted molar refractivity (Wildman–Crippen MR) is 104 cm³/mol. The molecule has 0 unspecified atom stereocenters. The maximum Gasteiger partial charge on any atom is 0.251 e. The molecule has 1 aliphatic rings. The molecule has 2 aromatic carbocycles. The number of hydrogen-bond donors (Lipinski definition) is 2. The quantitative estimate of drug-likeness (QED) is 0.794. The van der Waals surface area contributed by atoms with Crippen LogP contribution in [-0.2, 0) is 21.4 Å². The molecule has 0 bridgehead atoms. The minimum Gasteiger partial charge on any atom is -0.348 e. The fourth-order valence-electron chi connectivity index (χ4n) is 2.96. The zero-order chi connectivity index (χ0) is 19.4. The summed E-state index contributed by atoms with van der Waals surface area (Å²) >= 11 is 0. The van der Waals surface area contributed by atoms with Crippen molar-refractivity contribution in [1.29, 1.82) is 0 Å². The van der Waals surface area contributed by atoms with Gasteiger partial charge in [-0.3, -0.25) is 14.3 Å². The van der Waals surface area contributed by atoms with Crippen molar-refractivity contribution in [3.05, 3.63) is 59.7 Å². The first-order valence-corrected chi connectivity index (χ1v) is 10.5. The second-order valence-electron chi connectivity index (χ2n) is 6.45. The molecule has 3 rings (SSSR count). The van der Waals surface area contributed by atoms with Gasteiger partial charge in [0.1, 0.15) is 0 Å². The molecule has 1 aliphatic heterocycles. The molecule has 142 valence electrons. The summed E-state index contributed by atoms with van der Waals surface area (Å²) in [6, 6.07) is 13.8. The van der Waals surface area contributed by atoms with Gasteiger partial charge < -0.3 is 10.2 Å². The first-order valence-electron chi connectivity index (χ1n) is 8.57. The zero-order valence-corrected chi connectivity index (χ0v) is 15.8. The van der Waals surface area contributed by atoms with Gasteiger partial charge in [-0.25, -0.2) is 8.42 Å². The Morgan fingerprint density at radius 1 is 1.15 bits per heavy atom. The lowest BCUT2D eigenvalue weighted by Gasteiger charge is -2.15. The fraction of sp³-hybridized carbons (Fsp3) is 0.263. The van der Waals surface area contributed by atoms with E-state index in [0.717, 1.165) is 23.9 Å². The number of benzene rings is 2. The molecule has 0 aromatic heterocycles. The Morgan fingerprint density at radius 2 is 1.89 bits per heavy atom. The maximum atomic E-state index is 12.3. The molecule has 1 heterocycles. The van der Waals surface area contributed by atoms with Gasteiger partial charge in [0.2, 0.25) is 15.9 Å². The number of nitrogens with one attached hydrogen (secondary N) is 2. The van der Waals surface area contributed by atoms with Crippen LogP contribution in [0.1, 0.15) is 28.8 Å². The number of amides is 2. The highest BCUT2D eigenvalue weighted by Crippen LogP contribution is 2.21. The van der Waals surface area contributed by atoms with Crippen LogP contribution in [0.3, 0.4) is 0 Å². The summed E-state index contributed by atoms with van der Waals surface area (Å²) < 4.78 is 25.0. The van der Waals surface area contributed by atoms with Gasteiger partial charge in [0.05, 0.1) is 6.26 Å². The largest absolute Gasteiger partial charge is 0.348 e. The lowest BCUT2D eigenvalue weighted by Crippen LogP contribution is -2.25. The van der Waals surface area contributed by atoms with E-state index in [1.165, 1.54) is 0 Å². The standard InChI is InChI=1S/C19H21N3O4S/c1-27(25,26)21-16-5-2-4-14(12-16)13-20-19(24)15-7-9-17(10-8-15)22-11-3-6-18(22)23/h2,4-5,7-10,12,21H,3,6,11,13H2,1H3,(H,20,24). The Hall–Kier alpha value is -2.87. The lowest BCUT2D eigenvalue weighted by atomic mass is 10.1. The van der Waals surface area contributed by atoms with E-state index in [4.69, 9.17) is 0 Å². The summed E-state index contributed by atoms with van der Waals surface area (Å²) in [6.45, 7) is 0.979. The van der Waals surface area contributed by atoms with E-state index in [2.05, 4.69) is 10.0 Å². The summed E-state index contributed by atoms with van der Waals surface area (Å²) in [7, 11) is -3.35. The van der Waals surface area contributed by atoms with Crippen LogP contribution in [-0.4, -0.2) is 33.0 Å². The van der Waals surface area contributed by atoms with Gasteiger partial charge in [0, 0.05) is 36.4 Å². The summed E-state index contributed by atoms with van der Waals surface area (Å²) in [4.78, 5) is 25.8. The van der Waals surface area contributed by atoms with Gasteiger partial charge in [-0.05, 0) is 48.4 Å². The zero-order valence-electron chi connectivity index (χ0n) is 14.9. The number of sulfonamides is 1. The third-order valence-corrected chi connectivity index (χ3v) is 4.80. The van der Waals surface area contributed by atoms with E-state index in [0.29, 0.717) is 24.2 Å². The monoisotopic (exact) mass is 387 g/mol. The van der Waals surface area contributed by atoms with Crippen molar-refractivity contribution in [2.45, 2.75) is 19.4 Å². The van der Waals surface area contributed by atoms with Crippen LogP contribution in [0, 0.1) is 0 Å². The fourth-order valence-corrected chi connectivity index (χ4v) is 3.51. The Labute approximate surface area is 158 Å². The van der Waals surface area contributed by atoms with Crippen molar-refractivity contribution in [2.75, 3.05) is 22.4 Å². The number of carbonyl (C=O) groups is 2. The van der Waals surface area contributed by atoms with Gasteiger partial charge in [-0.2, -0.15) is 0 Å². The lowest BCUT2D eigenvalue weighted by molar-refractivity contribution is -0.117. The molecule has 8 heteroatoms. The highest BCUT2D eigenvalue weighted by molar-refractivity contribution is 7.92. The molecule has 2 N–H and O–H groups in total. The van der Waals surface area contributed by atoms with E-state index in [9.17, 15) is 18.0 Å². The average Bonchev–Trinajstić information content (AvgIpc) is 3.05. The number of hydrogen-bond acceptors (Lipinski definition) is 4. The minimum absolute atomic E-state index is 0.106. The molecule has 27 heavy (non-hydrogen) atoms. The van der Waals surface area contributed by atoms with Crippen molar-refractivity contribution in [3.63, 3.8) is 0 Å². The molecule has 1 saturated heterocycles. The van der Waals surface area contributed by atoms with Crippen LogP contribution in [0.25, 0.3) is 0 Å². The topological polar surface area (TPSA) is 95.6 Å². The molecule has 0 radical (unpaired) electrons. The Morgan fingerprint density at radius 3 is 2.52 bits per heavy atom. The van der Waals surface area contributed by atoms with Crippen LogP contribution in [0.5, 0.6) is 0 Å². The van der Waals surface area contributed by atoms with E-state index in [1.54, 1.807) is 53.4 Å². The molecule has 0 spiro atoms. The van der Waals surface area contributed by atoms with Crippen molar-refractivity contribution in [3.8, 4) is 0 Å².